The first-order valence-corrected chi connectivity index (χ1v) is 14.4. The zero-order valence-corrected chi connectivity index (χ0v) is 24.5. The standard InChI is InChI=1S/C37H38O5/c1-26-32(36(39)34-16-10-9-15-33(34)35(26)38)14-8-5-11-25-42-37(27-12-6-4-7-13-27,28-17-21-30(40-2)22-18-28)29-19-23-31(41-3)24-20-29/h4,6-7,9-10,12-13,15-24,38-39H,5,8,11,14,25H2,1-3H3. The Labute approximate surface area is 247 Å². The van der Waals surface area contributed by atoms with Crippen molar-refractivity contribution in [2.75, 3.05) is 20.8 Å². The number of methoxy groups -OCH3 is 2. The fraction of sp³-hybridized carbons (Fsp3) is 0.243. The van der Waals surface area contributed by atoms with Crippen molar-refractivity contribution in [1.29, 1.82) is 0 Å². The Morgan fingerprint density at radius 3 is 1.62 bits per heavy atom. The maximum Gasteiger partial charge on any atom is 0.143 e. The van der Waals surface area contributed by atoms with Gasteiger partial charge in [0, 0.05) is 22.9 Å². The second-order valence-corrected chi connectivity index (χ2v) is 10.5. The second kappa shape index (κ2) is 13.0. The smallest absolute Gasteiger partial charge is 0.143 e. The Bertz CT molecular complexity index is 1560. The molecule has 0 aliphatic carbocycles. The zero-order valence-electron chi connectivity index (χ0n) is 24.5. The number of phenolic OH excluding ortho intramolecular Hbond substituents is 2. The molecule has 0 spiro atoms. The molecular weight excluding hydrogens is 524 g/mol. The summed E-state index contributed by atoms with van der Waals surface area (Å²) < 4.78 is 17.8. The lowest BCUT2D eigenvalue weighted by Crippen LogP contribution is -2.33. The average molecular weight is 563 g/mol. The third-order valence-electron chi connectivity index (χ3n) is 8.09. The predicted octanol–water partition coefficient (Wildman–Crippen LogP) is 8.30. The molecule has 0 fully saturated rings. The highest BCUT2D eigenvalue weighted by molar-refractivity contribution is 5.95. The molecule has 0 aliphatic rings. The van der Waals surface area contributed by atoms with Crippen LogP contribution in [0.2, 0.25) is 0 Å². The molecular formula is C37H38O5. The molecule has 0 saturated heterocycles. The topological polar surface area (TPSA) is 68.2 Å². The molecule has 216 valence electrons. The summed E-state index contributed by atoms with van der Waals surface area (Å²) in [6.07, 6.45) is 3.28. The van der Waals surface area contributed by atoms with Gasteiger partial charge in [-0.3, -0.25) is 0 Å². The maximum atomic E-state index is 11.0. The van der Waals surface area contributed by atoms with Crippen molar-refractivity contribution in [3.63, 3.8) is 0 Å². The number of phenols is 2. The number of unbranched alkanes of at least 4 members (excludes halogenated alkanes) is 2. The number of rotatable bonds is 12. The minimum Gasteiger partial charge on any atom is -0.507 e. The third kappa shape index (κ3) is 5.65. The summed E-state index contributed by atoms with van der Waals surface area (Å²) in [5.74, 6) is 2.08. The van der Waals surface area contributed by atoms with Crippen molar-refractivity contribution in [2.45, 2.75) is 38.2 Å². The Balaban J connectivity index is 1.38. The van der Waals surface area contributed by atoms with Crippen molar-refractivity contribution >= 4 is 10.8 Å². The lowest BCUT2D eigenvalue weighted by molar-refractivity contribution is 0.0106. The van der Waals surface area contributed by atoms with Crippen molar-refractivity contribution < 1.29 is 24.4 Å². The molecule has 0 unspecified atom stereocenters. The first-order chi connectivity index (χ1) is 20.5. The van der Waals surface area contributed by atoms with E-state index in [1.807, 2.05) is 73.7 Å². The molecule has 2 N–H and O–H groups in total. The Hall–Kier alpha value is -4.48. The number of aromatic hydroxyl groups is 2. The highest BCUT2D eigenvalue weighted by Crippen LogP contribution is 2.42. The zero-order chi connectivity index (χ0) is 29.5. The van der Waals surface area contributed by atoms with Crippen LogP contribution in [0.4, 0.5) is 0 Å². The van der Waals surface area contributed by atoms with Gasteiger partial charge in [-0.05, 0) is 72.7 Å². The van der Waals surface area contributed by atoms with Crippen LogP contribution in [0.25, 0.3) is 10.8 Å². The van der Waals surface area contributed by atoms with Gasteiger partial charge in [-0.1, -0.05) is 85.3 Å². The van der Waals surface area contributed by atoms with E-state index in [0.29, 0.717) is 23.8 Å². The van der Waals surface area contributed by atoms with Crippen LogP contribution in [-0.4, -0.2) is 31.0 Å². The van der Waals surface area contributed by atoms with Crippen LogP contribution >= 0.6 is 0 Å². The SMILES string of the molecule is COc1ccc(C(OCCCCCc2c(C)c(O)c3ccccc3c2O)(c2ccccc2)c2ccc(OC)cc2)cc1. The van der Waals surface area contributed by atoms with Gasteiger partial charge in [-0.25, -0.2) is 0 Å². The molecule has 42 heavy (non-hydrogen) atoms. The van der Waals surface area contributed by atoms with Crippen molar-refractivity contribution in [3.8, 4) is 23.0 Å². The Kier molecular flexibility index (Phi) is 8.99. The summed E-state index contributed by atoms with van der Waals surface area (Å²) in [6.45, 7) is 2.40. The summed E-state index contributed by atoms with van der Waals surface area (Å²) >= 11 is 0. The molecule has 5 nitrogen and oxygen atoms in total. The monoisotopic (exact) mass is 562 g/mol. The van der Waals surface area contributed by atoms with E-state index in [1.54, 1.807) is 14.2 Å². The summed E-state index contributed by atoms with van der Waals surface area (Å²) in [4.78, 5) is 0. The minimum absolute atomic E-state index is 0.244. The van der Waals surface area contributed by atoms with E-state index < -0.39 is 5.60 Å². The largest absolute Gasteiger partial charge is 0.507 e. The summed E-state index contributed by atoms with van der Waals surface area (Å²) in [6, 6.07) is 33.8. The van der Waals surface area contributed by atoms with E-state index in [2.05, 4.69) is 36.4 Å². The minimum atomic E-state index is -0.835. The normalized spacial score (nSPS) is 11.5. The molecule has 5 aromatic rings. The first-order valence-electron chi connectivity index (χ1n) is 14.4. The van der Waals surface area contributed by atoms with Gasteiger partial charge in [0.25, 0.3) is 0 Å². The lowest BCUT2D eigenvalue weighted by Gasteiger charge is -2.36. The van der Waals surface area contributed by atoms with Crippen molar-refractivity contribution in [3.05, 3.63) is 131 Å². The molecule has 5 rings (SSSR count). The van der Waals surface area contributed by atoms with Gasteiger partial charge in [-0.2, -0.15) is 0 Å². The number of hydrogen-bond acceptors (Lipinski definition) is 5. The highest BCUT2D eigenvalue weighted by atomic mass is 16.5. The molecule has 0 aliphatic heterocycles. The van der Waals surface area contributed by atoms with E-state index in [1.165, 1.54) is 0 Å². The van der Waals surface area contributed by atoms with Crippen LogP contribution in [0, 0.1) is 6.92 Å². The van der Waals surface area contributed by atoms with Crippen LogP contribution in [0.3, 0.4) is 0 Å². The fourth-order valence-electron chi connectivity index (χ4n) is 5.77. The van der Waals surface area contributed by atoms with E-state index in [-0.39, 0.29) is 11.5 Å². The summed E-state index contributed by atoms with van der Waals surface area (Å²) in [5, 5.41) is 23.1. The number of ether oxygens (including phenoxy) is 3. The van der Waals surface area contributed by atoms with Gasteiger partial charge in [0.1, 0.15) is 28.6 Å². The first kappa shape index (κ1) is 29.0. The van der Waals surface area contributed by atoms with E-state index in [0.717, 1.165) is 58.6 Å². The second-order valence-electron chi connectivity index (χ2n) is 10.5. The van der Waals surface area contributed by atoms with Gasteiger partial charge >= 0.3 is 0 Å². The number of benzene rings is 5. The fourth-order valence-corrected chi connectivity index (χ4v) is 5.77. The van der Waals surface area contributed by atoms with Crippen LogP contribution in [0.15, 0.2) is 103 Å². The van der Waals surface area contributed by atoms with Gasteiger partial charge < -0.3 is 24.4 Å². The Morgan fingerprint density at radius 1 is 0.571 bits per heavy atom. The van der Waals surface area contributed by atoms with Gasteiger partial charge in [0.2, 0.25) is 0 Å². The molecule has 5 heteroatoms. The van der Waals surface area contributed by atoms with Crippen LogP contribution in [0.5, 0.6) is 23.0 Å². The van der Waals surface area contributed by atoms with Gasteiger partial charge in [0.05, 0.1) is 14.2 Å². The molecule has 0 heterocycles. The van der Waals surface area contributed by atoms with Crippen LogP contribution in [0.1, 0.15) is 47.1 Å². The molecule has 0 amide bonds. The van der Waals surface area contributed by atoms with E-state index in [4.69, 9.17) is 14.2 Å². The Morgan fingerprint density at radius 2 is 1.07 bits per heavy atom. The van der Waals surface area contributed by atoms with Crippen LogP contribution in [-0.2, 0) is 16.8 Å². The van der Waals surface area contributed by atoms with Crippen molar-refractivity contribution in [1.82, 2.24) is 0 Å². The van der Waals surface area contributed by atoms with Crippen LogP contribution < -0.4 is 9.47 Å². The quantitative estimate of drug-likeness (QED) is 0.0909. The molecule has 0 atom stereocenters. The third-order valence-corrected chi connectivity index (χ3v) is 8.09. The predicted molar refractivity (Wildman–Crippen MR) is 168 cm³/mol. The summed E-state index contributed by atoms with van der Waals surface area (Å²) in [5.41, 5.74) is 3.76. The average Bonchev–Trinajstić information content (AvgIpc) is 3.05. The van der Waals surface area contributed by atoms with Gasteiger partial charge in [0.15, 0.2) is 0 Å². The number of hydrogen-bond donors (Lipinski definition) is 2. The molecule has 0 bridgehead atoms. The van der Waals surface area contributed by atoms with E-state index in [9.17, 15) is 10.2 Å². The molecule has 0 aromatic heterocycles. The molecule has 0 radical (unpaired) electrons. The molecule has 5 aromatic carbocycles. The highest BCUT2D eigenvalue weighted by Gasteiger charge is 2.37. The van der Waals surface area contributed by atoms with Gasteiger partial charge in [-0.15, -0.1) is 0 Å². The maximum absolute atomic E-state index is 11.0. The lowest BCUT2D eigenvalue weighted by atomic mass is 9.80. The number of fused-ring (bicyclic) bond motifs is 1. The van der Waals surface area contributed by atoms with E-state index >= 15 is 0 Å². The van der Waals surface area contributed by atoms with Crippen molar-refractivity contribution in [2.24, 2.45) is 0 Å². The summed E-state index contributed by atoms with van der Waals surface area (Å²) in [7, 11) is 3.33. The molecule has 0 saturated carbocycles.